The van der Waals surface area contributed by atoms with Gasteiger partial charge in [-0.25, -0.2) is 4.57 Å². The lowest BCUT2D eigenvalue weighted by Gasteiger charge is -2.30. The van der Waals surface area contributed by atoms with Crippen molar-refractivity contribution in [3.05, 3.63) is 0 Å². The van der Waals surface area contributed by atoms with Crippen molar-refractivity contribution < 1.29 is 28.0 Å². The average Bonchev–Trinajstić information content (AvgIpc) is 2.41. The zero-order valence-electron chi connectivity index (χ0n) is 10.0. The fourth-order valence-corrected chi connectivity index (χ4v) is 2.62. The van der Waals surface area contributed by atoms with Crippen LogP contribution >= 0.6 is 7.82 Å². The third kappa shape index (κ3) is 3.29. The van der Waals surface area contributed by atoms with Crippen LogP contribution in [0.4, 0.5) is 0 Å². The molecule has 6 nitrogen and oxygen atoms in total. The molecule has 8 heteroatoms. The summed E-state index contributed by atoms with van der Waals surface area (Å²) in [5.74, 6) is 0. The van der Waals surface area contributed by atoms with Crippen LogP contribution in [-0.4, -0.2) is 51.3 Å². The molecule has 0 saturated carbocycles. The fraction of sp³-hybridized carbons (Fsp3) is 1.00. The van der Waals surface area contributed by atoms with Gasteiger partial charge in [0, 0.05) is 20.2 Å². The predicted molar refractivity (Wildman–Crippen MR) is 60.0 cm³/mol. The van der Waals surface area contributed by atoms with E-state index >= 15 is 0 Å². The Kier molecular flexibility index (Phi) is 4.57. The lowest BCUT2D eigenvalue weighted by molar-refractivity contribution is -0.0917. The van der Waals surface area contributed by atoms with Gasteiger partial charge in [-0.05, 0) is 13.3 Å². The summed E-state index contributed by atoms with van der Waals surface area (Å²) in [4.78, 5) is 9.29. The highest BCUT2D eigenvalue weighted by Crippen LogP contribution is 2.48. The molecule has 94 valence electrons. The van der Waals surface area contributed by atoms with Crippen LogP contribution in [0.25, 0.3) is 0 Å². The summed E-state index contributed by atoms with van der Waals surface area (Å²) in [5.41, 5.74) is -0.717. The van der Waals surface area contributed by atoms with Gasteiger partial charge in [0.25, 0.3) is 0 Å². The molecule has 0 aromatic heterocycles. The minimum absolute atomic E-state index is 0.0398. The first-order valence-corrected chi connectivity index (χ1v) is 6.56. The number of rotatable bonds is 5. The zero-order valence-corrected chi connectivity index (χ0v) is 10.9. The van der Waals surface area contributed by atoms with Gasteiger partial charge in [-0.2, -0.15) is 0 Å². The molecule has 1 aliphatic heterocycles. The minimum Gasteiger partial charge on any atom is -0.382 e. The molecule has 1 aliphatic rings. The van der Waals surface area contributed by atoms with E-state index < -0.39 is 19.5 Å². The summed E-state index contributed by atoms with van der Waals surface area (Å²) < 4.78 is 31.5. The van der Waals surface area contributed by atoms with Crippen LogP contribution in [0.2, 0.25) is 0 Å². The van der Waals surface area contributed by atoms with Gasteiger partial charge in [0.1, 0.15) is 19.6 Å². The summed E-state index contributed by atoms with van der Waals surface area (Å²) in [6.45, 7) is 2.09. The van der Waals surface area contributed by atoms with Crippen LogP contribution in [-0.2, 0) is 23.1 Å². The second-order valence-corrected chi connectivity index (χ2v) is 5.67. The summed E-state index contributed by atoms with van der Waals surface area (Å²) in [6.07, 6.45) is 0.0200. The van der Waals surface area contributed by atoms with Crippen LogP contribution in [0.5, 0.6) is 0 Å². The molecule has 0 spiro atoms. The highest BCUT2D eigenvalue weighted by Gasteiger charge is 2.47. The third-order valence-corrected chi connectivity index (χ3v) is 3.60. The van der Waals surface area contributed by atoms with Crippen LogP contribution in [0.3, 0.4) is 0 Å². The monoisotopic (exact) mass is 252 g/mol. The van der Waals surface area contributed by atoms with E-state index in [1.807, 2.05) is 7.85 Å². The van der Waals surface area contributed by atoms with Gasteiger partial charge in [0.2, 0.25) is 0 Å². The van der Waals surface area contributed by atoms with E-state index in [2.05, 4.69) is 4.52 Å². The first kappa shape index (κ1) is 14.2. The summed E-state index contributed by atoms with van der Waals surface area (Å²) in [6, 6.07) is -0.0398. The van der Waals surface area contributed by atoms with E-state index in [1.54, 1.807) is 14.0 Å². The molecule has 1 saturated heterocycles. The highest BCUT2D eigenvalue weighted by molar-refractivity contribution is 7.47. The first-order chi connectivity index (χ1) is 7.33. The number of ether oxygens (including phenoxy) is 2. The van der Waals surface area contributed by atoms with Crippen molar-refractivity contribution in [2.75, 3.05) is 20.8 Å². The predicted octanol–water partition coefficient (Wildman–Crippen LogP) is -0.0970. The molecular weight excluding hydrogens is 234 g/mol. The summed E-state index contributed by atoms with van der Waals surface area (Å²) in [7, 11) is 0.571. The van der Waals surface area contributed by atoms with Crippen LogP contribution < -0.4 is 0 Å². The molecule has 0 bridgehead atoms. The average molecular weight is 252 g/mol. The van der Waals surface area contributed by atoms with Crippen molar-refractivity contribution in [3.8, 4) is 0 Å². The lowest BCUT2D eigenvalue weighted by Crippen LogP contribution is -2.41. The van der Waals surface area contributed by atoms with Gasteiger partial charge in [-0.15, -0.1) is 0 Å². The molecule has 1 fully saturated rings. The van der Waals surface area contributed by atoms with Gasteiger partial charge < -0.3 is 14.4 Å². The summed E-state index contributed by atoms with van der Waals surface area (Å²) in [5, 5.41) is 0. The quantitative estimate of drug-likeness (QED) is 0.544. The third-order valence-electron chi connectivity index (χ3n) is 2.62. The Morgan fingerprint density at radius 1 is 1.62 bits per heavy atom. The Bertz CT molecular complexity index is 288. The van der Waals surface area contributed by atoms with Gasteiger partial charge in [-0.3, -0.25) is 9.05 Å². The number of hydrogen-bond donors (Lipinski definition) is 1. The Morgan fingerprint density at radius 2 is 2.25 bits per heavy atom. The molecule has 1 unspecified atom stereocenters. The molecule has 1 rings (SSSR count). The first-order valence-electron chi connectivity index (χ1n) is 5.06. The van der Waals surface area contributed by atoms with E-state index in [1.165, 1.54) is 0 Å². The number of phosphoric acid groups is 1. The van der Waals surface area contributed by atoms with Crippen LogP contribution in [0.15, 0.2) is 0 Å². The van der Waals surface area contributed by atoms with Gasteiger partial charge in [0.05, 0.1) is 6.61 Å². The summed E-state index contributed by atoms with van der Waals surface area (Å²) >= 11 is 0. The van der Waals surface area contributed by atoms with E-state index in [9.17, 15) is 9.46 Å². The topological polar surface area (TPSA) is 74.2 Å². The van der Waals surface area contributed by atoms with Crippen molar-refractivity contribution in [2.45, 2.75) is 31.1 Å². The van der Waals surface area contributed by atoms with Crippen LogP contribution in [0, 0.1) is 0 Å². The highest BCUT2D eigenvalue weighted by atomic mass is 31.2. The largest absolute Gasteiger partial charge is 0.472 e. The maximum absolute atomic E-state index is 11.4. The minimum atomic E-state index is -3.99. The van der Waals surface area contributed by atoms with Crippen molar-refractivity contribution in [1.29, 1.82) is 0 Å². The zero-order chi connectivity index (χ0) is 12.4. The molecule has 1 heterocycles. The van der Waals surface area contributed by atoms with E-state index in [-0.39, 0.29) is 6.00 Å². The van der Waals surface area contributed by atoms with Crippen molar-refractivity contribution in [1.82, 2.24) is 0 Å². The molecule has 0 aromatic rings. The smallest absolute Gasteiger partial charge is 0.382 e. The lowest BCUT2D eigenvalue weighted by atomic mass is 9.93. The molecule has 0 amide bonds. The molecule has 1 N–H and O–H groups in total. The molecule has 0 radical (unpaired) electrons. The SMILES string of the molecule is B[C@H]1C[C@H](OP(=O)(O)OC)[C@@](C)(COC)O1. The Labute approximate surface area is 96.2 Å². The number of methoxy groups -OCH3 is 1. The van der Waals surface area contributed by atoms with Crippen molar-refractivity contribution in [3.63, 3.8) is 0 Å². The number of hydrogen-bond acceptors (Lipinski definition) is 5. The van der Waals surface area contributed by atoms with Crippen molar-refractivity contribution in [2.24, 2.45) is 0 Å². The van der Waals surface area contributed by atoms with E-state index in [0.717, 1.165) is 7.11 Å². The Hall–Kier alpha value is 0.0949. The second-order valence-electron chi connectivity index (χ2n) is 4.16. The Morgan fingerprint density at radius 3 is 2.75 bits per heavy atom. The fourth-order valence-electron chi connectivity index (χ4n) is 1.91. The number of phosphoric ester groups is 1. The molecule has 0 aromatic carbocycles. The Balaban J connectivity index is 2.74. The molecule has 0 aliphatic carbocycles. The van der Waals surface area contributed by atoms with Crippen LogP contribution in [0.1, 0.15) is 13.3 Å². The van der Waals surface area contributed by atoms with Gasteiger partial charge >= 0.3 is 7.82 Å². The van der Waals surface area contributed by atoms with E-state index in [0.29, 0.717) is 13.0 Å². The standard InChI is InChI=1S/C8H18BO6P/c1-8(5-12-2)6(4-7(9)14-8)15-16(10,11)13-3/h6-7H,4-5,9H2,1-3H3,(H,10,11)/t6-,7+,8+/m0/s1. The van der Waals surface area contributed by atoms with Crippen molar-refractivity contribution >= 4 is 15.7 Å². The normalized spacial score (nSPS) is 38.5. The molecule has 4 atom stereocenters. The maximum Gasteiger partial charge on any atom is 0.472 e. The second kappa shape index (κ2) is 5.17. The molecular formula is C8H18BO6P. The van der Waals surface area contributed by atoms with Gasteiger partial charge in [-0.1, -0.05) is 0 Å². The molecule has 16 heavy (non-hydrogen) atoms. The van der Waals surface area contributed by atoms with E-state index in [4.69, 9.17) is 14.0 Å². The maximum atomic E-state index is 11.4. The van der Waals surface area contributed by atoms with Gasteiger partial charge in [0.15, 0.2) is 0 Å².